The normalized spacial score (nSPS) is 10.7. The van der Waals surface area contributed by atoms with E-state index in [0.717, 1.165) is 0 Å². The Kier molecular flexibility index (Phi) is 2.47. The van der Waals surface area contributed by atoms with Gasteiger partial charge in [-0.05, 0) is 24.6 Å². The van der Waals surface area contributed by atoms with Crippen molar-refractivity contribution < 1.29 is 9.18 Å². The molecule has 16 heavy (non-hydrogen) atoms. The molecular formula is C10H7ClFN3O. The Morgan fingerprint density at radius 3 is 2.75 bits per heavy atom. The minimum absolute atomic E-state index is 0.0279. The Bertz CT molecular complexity index is 600. The highest BCUT2D eigenvalue weighted by Gasteiger charge is 2.15. The molecule has 2 aromatic rings. The minimum atomic E-state index is -0.790. The van der Waals surface area contributed by atoms with Crippen LogP contribution in [0.5, 0.6) is 0 Å². The number of aryl methyl sites for hydroxylation is 1. The van der Waals surface area contributed by atoms with E-state index in [9.17, 15) is 9.18 Å². The van der Waals surface area contributed by atoms with Gasteiger partial charge >= 0.3 is 0 Å². The summed E-state index contributed by atoms with van der Waals surface area (Å²) < 4.78 is 13.5. The van der Waals surface area contributed by atoms with E-state index in [4.69, 9.17) is 17.3 Å². The standard InChI is InChI=1S/C10H7ClFN3O/c1-4-2-5-7(11)9(10(13)16)15-14-8(5)6(12)3-4/h2-3H,1H3,(H2,13,16). The molecule has 0 saturated carbocycles. The maximum absolute atomic E-state index is 13.5. The van der Waals surface area contributed by atoms with Gasteiger partial charge in [-0.1, -0.05) is 11.6 Å². The van der Waals surface area contributed by atoms with Gasteiger partial charge in [0.25, 0.3) is 5.91 Å². The zero-order chi connectivity index (χ0) is 11.9. The van der Waals surface area contributed by atoms with Crippen LogP contribution in [-0.2, 0) is 0 Å². The number of carbonyl (C=O) groups excluding carboxylic acids is 1. The van der Waals surface area contributed by atoms with Crippen LogP contribution in [0, 0.1) is 12.7 Å². The molecular weight excluding hydrogens is 233 g/mol. The number of aromatic nitrogens is 2. The highest BCUT2D eigenvalue weighted by molar-refractivity contribution is 6.38. The summed E-state index contributed by atoms with van der Waals surface area (Å²) >= 11 is 5.91. The molecule has 6 heteroatoms. The molecule has 0 saturated heterocycles. The van der Waals surface area contributed by atoms with Gasteiger partial charge in [-0.2, -0.15) is 0 Å². The maximum Gasteiger partial charge on any atom is 0.270 e. The first kappa shape index (κ1) is 10.8. The molecule has 2 rings (SSSR count). The Morgan fingerprint density at radius 1 is 1.44 bits per heavy atom. The zero-order valence-corrected chi connectivity index (χ0v) is 9.05. The molecule has 0 aliphatic carbocycles. The summed E-state index contributed by atoms with van der Waals surface area (Å²) in [4.78, 5) is 11.0. The summed E-state index contributed by atoms with van der Waals surface area (Å²) in [5.74, 6) is -1.32. The first-order valence-corrected chi connectivity index (χ1v) is 4.80. The van der Waals surface area contributed by atoms with E-state index in [1.807, 2.05) is 0 Å². The number of primary amides is 1. The van der Waals surface area contributed by atoms with Gasteiger partial charge in [0.15, 0.2) is 11.5 Å². The lowest BCUT2D eigenvalue weighted by Crippen LogP contribution is -2.15. The van der Waals surface area contributed by atoms with E-state index in [2.05, 4.69) is 10.2 Å². The summed E-state index contributed by atoms with van der Waals surface area (Å²) in [7, 11) is 0. The van der Waals surface area contributed by atoms with Crippen molar-refractivity contribution in [3.8, 4) is 0 Å². The molecule has 1 aromatic heterocycles. The van der Waals surface area contributed by atoms with E-state index < -0.39 is 11.7 Å². The van der Waals surface area contributed by atoms with Crippen LogP contribution in [0.15, 0.2) is 12.1 Å². The van der Waals surface area contributed by atoms with Crippen molar-refractivity contribution >= 4 is 28.4 Å². The molecule has 82 valence electrons. The van der Waals surface area contributed by atoms with E-state index in [1.165, 1.54) is 6.07 Å². The van der Waals surface area contributed by atoms with Crippen LogP contribution < -0.4 is 5.73 Å². The van der Waals surface area contributed by atoms with E-state index in [1.54, 1.807) is 13.0 Å². The Balaban J connectivity index is 2.89. The number of nitrogens with zero attached hydrogens (tertiary/aromatic N) is 2. The van der Waals surface area contributed by atoms with Gasteiger partial charge in [-0.25, -0.2) is 4.39 Å². The Morgan fingerprint density at radius 2 is 2.12 bits per heavy atom. The predicted octanol–water partition coefficient (Wildman–Crippen LogP) is 1.83. The zero-order valence-electron chi connectivity index (χ0n) is 8.29. The van der Waals surface area contributed by atoms with Crippen molar-refractivity contribution in [3.63, 3.8) is 0 Å². The predicted molar refractivity (Wildman–Crippen MR) is 57.8 cm³/mol. The monoisotopic (exact) mass is 239 g/mol. The first-order valence-electron chi connectivity index (χ1n) is 4.42. The van der Waals surface area contributed by atoms with Crippen molar-refractivity contribution in [2.24, 2.45) is 5.73 Å². The first-order chi connectivity index (χ1) is 7.50. The maximum atomic E-state index is 13.5. The minimum Gasteiger partial charge on any atom is -0.364 e. The fourth-order valence-electron chi connectivity index (χ4n) is 1.43. The van der Waals surface area contributed by atoms with E-state index in [0.29, 0.717) is 10.9 Å². The van der Waals surface area contributed by atoms with Gasteiger partial charge in [0, 0.05) is 5.39 Å². The number of amides is 1. The molecule has 0 unspecified atom stereocenters. The third kappa shape index (κ3) is 1.59. The van der Waals surface area contributed by atoms with Crippen LogP contribution >= 0.6 is 11.6 Å². The Labute approximate surface area is 95.2 Å². The van der Waals surface area contributed by atoms with Gasteiger partial charge in [0.05, 0.1) is 5.02 Å². The third-order valence-electron chi connectivity index (χ3n) is 2.14. The summed E-state index contributed by atoms with van der Waals surface area (Å²) in [5.41, 5.74) is 5.61. The lowest BCUT2D eigenvalue weighted by atomic mass is 10.1. The summed E-state index contributed by atoms with van der Waals surface area (Å²) in [5, 5.41) is 7.46. The molecule has 0 spiro atoms. The number of fused-ring (bicyclic) bond motifs is 1. The topological polar surface area (TPSA) is 68.9 Å². The van der Waals surface area contributed by atoms with Crippen LogP contribution in [0.25, 0.3) is 10.9 Å². The fraction of sp³-hybridized carbons (Fsp3) is 0.100. The molecule has 1 aromatic carbocycles. The number of halogens is 2. The average molecular weight is 240 g/mol. The number of benzene rings is 1. The quantitative estimate of drug-likeness (QED) is 0.825. The van der Waals surface area contributed by atoms with E-state index in [-0.39, 0.29) is 16.2 Å². The average Bonchev–Trinajstić information content (AvgIpc) is 2.19. The van der Waals surface area contributed by atoms with Crippen molar-refractivity contribution in [1.29, 1.82) is 0 Å². The lowest BCUT2D eigenvalue weighted by Gasteiger charge is -2.04. The van der Waals surface area contributed by atoms with Gasteiger partial charge in [-0.3, -0.25) is 4.79 Å². The van der Waals surface area contributed by atoms with Crippen molar-refractivity contribution in [3.05, 3.63) is 34.2 Å². The van der Waals surface area contributed by atoms with Gasteiger partial charge in [-0.15, -0.1) is 10.2 Å². The highest BCUT2D eigenvalue weighted by atomic mass is 35.5. The fourth-order valence-corrected chi connectivity index (χ4v) is 1.71. The van der Waals surface area contributed by atoms with Gasteiger partial charge in [0.1, 0.15) is 5.52 Å². The number of hydrogen-bond acceptors (Lipinski definition) is 3. The molecule has 1 heterocycles. The molecule has 4 nitrogen and oxygen atoms in total. The van der Waals surface area contributed by atoms with Gasteiger partial charge < -0.3 is 5.73 Å². The van der Waals surface area contributed by atoms with Crippen LogP contribution in [0.4, 0.5) is 4.39 Å². The largest absolute Gasteiger partial charge is 0.364 e. The second kappa shape index (κ2) is 3.68. The molecule has 0 aliphatic rings. The second-order valence-corrected chi connectivity index (χ2v) is 3.75. The van der Waals surface area contributed by atoms with Crippen LogP contribution in [0.1, 0.15) is 16.1 Å². The molecule has 0 fully saturated rings. The number of hydrogen-bond donors (Lipinski definition) is 1. The van der Waals surface area contributed by atoms with Crippen LogP contribution in [-0.4, -0.2) is 16.1 Å². The van der Waals surface area contributed by atoms with E-state index >= 15 is 0 Å². The molecule has 0 radical (unpaired) electrons. The molecule has 0 aliphatic heterocycles. The van der Waals surface area contributed by atoms with Crippen LogP contribution in [0.3, 0.4) is 0 Å². The van der Waals surface area contributed by atoms with Crippen molar-refractivity contribution in [2.45, 2.75) is 6.92 Å². The lowest BCUT2D eigenvalue weighted by molar-refractivity contribution is 0.0995. The molecule has 0 bridgehead atoms. The van der Waals surface area contributed by atoms with Crippen LogP contribution in [0.2, 0.25) is 5.02 Å². The summed E-state index contributed by atoms with van der Waals surface area (Å²) in [6, 6.07) is 2.94. The summed E-state index contributed by atoms with van der Waals surface area (Å²) in [6.07, 6.45) is 0. The smallest absolute Gasteiger partial charge is 0.270 e. The number of rotatable bonds is 1. The Hall–Kier alpha value is -1.75. The second-order valence-electron chi connectivity index (χ2n) is 3.37. The molecule has 2 N–H and O–H groups in total. The number of nitrogens with two attached hydrogens (primary N) is 1. The summed E-state index contributed by atoms with van der Waals surface area (Å²) in [6.45, 7) is 1.71. The molecule has 0 atom stereocenters. The third-order valence-corrected chi connectivity index (χ3v) is 2.52. The van der Waals surface area contributed by atoms with Crippen molar-refractivity contribution in [1.82, 2.24) is 10.2 Å². The molecule has 1 amide bonds. The SMILES string of the molecule is Cc1cc(F)c2nnc(C(N)=O)c(Cl)c2c1. The number of carbonyl (C=O) groups is 1. The van der Waals surface area contributed by atoms with Crippen molar-refractivity contribution in [2.75, 3.05) is 0 Å². The highest BCUT2D eigenvalue weighted by Crippen LogP contribution is 2.26. The van der Waals surface area contributed by atoms with Gasteiger partial charge in [0.2, 0.25) is 0 Å².